The van der Waals surface area contributed by atoms with E-state index in [1.807, 2.05) is 0 Å². The number of fused-ring (bicyclic) bond motifs is 20. The maximum atomic E-state index is 6.81. The van der Waals surface area contributed by atoms with Crippen LogP contribution in [0, 0.1) is 6.92 Å². The summed E-state index contributed by atoms with van der Waals surface area (Å²) in [5, 5.41) is 13.6. The third-order valence-corrected chi connectivity index (χ3v) is 13.0. The van der Waals surface area contributed by atoms with Crippen LogP contribution in [-0.4, -0.2) is 6.71 Å². The van der Waals surface area contributed by atoms with E-state index in [-0.39, 0.29) is 6.71 Å². The lowest BCUT2D eigenvalue weighted by atomic mass is 9.30. The molecular formula is C51H25BO4. The van der Waals surface area contributed by atoms with Crippen LogP contribution in [0.1, 0.15) is 5.56 Å². The second-order valence-electron chi connectivity index (χ2n) is 15.9. The molecule has 56 heavy (non-hydrogen) atoms. The molecule has 0 radical (unpaired) electrons. The van der Waals surface area contributed by atoms with Gasteiger partial charge in [-0.25, -0.2) is 0 Å². The van der Waals surface area contributed by atoms with Crippen LogP contribution >= 0.6 is 0 Å². The second kappa shape index (κ2) is 9.34. The highest BCUT2D eigenvalue weighted by molar-refractivity contribution is 7.02. The van der Waals surface area contributed by atoms with Crippen molar-refractivity contribution in [1.29, 1.82) is 0 Å². The summed E-state index contributed by atoms with van der Waals surface area (Å²) in [5.74, 6) is 0. The van der Waals surface area contributed by atoms with Crippen LogP contribution in [0.5, 0.6) is 0 Å². The molecule has 0 unspecified atom stereocenters. The molecule has 15 rings (SSSR count). The van der Waals surface area contributed by atoms with Gasteiger partial charge >= 0.3 is 0 Å². The van der Waals surface area contributed by atoms with Crippen LogP contribution in [0.15, 0.2) is 151 Å². The highest BCUT2D eigenvalue weighted by Gasteiger charge is 2.42. The Morgan fingerprint density at radius 1 is 0.357 bits per heavy atom. The Kier molecular flexibility index (Phi) is 4.71. The van der Waals surface area contributed by atoms with Crippen molar-refractivity contribution in [2.45, 2.75) is 6.92 Å². The van der Waals surface area contributed by atoms with Gasteiger partial charge in [0.05, 0.1) is 0 Å². The molecule has 5 heteroatoms. The van der Waals surface area contributed by atoms with E-state index in [1.54, 1.807) is 0 Å². The van der Waals surface area contributed by atoms with E-state index in [2.05, 4.69) is 140 Å². The van der Waals surface area contributed by atoms with E-state index >= 15 is 0 Å². The van der Waals surface area contributed by atoms with Gasteiger partial charge in [0.25, 0.3) is 0 Å². The van der Waals surface area contributed by atoms with E-state index < -0.39 is 0 Å². The maximum Gasteiger partial charge on any atom is 0.244 e. The third kappa shape index (κ3) is 3.13. The fourth-order valence-electron chi connectivity index (χ4n) is 11.0. The van der Waals surface area contributed by atoms with Crippen LogP contribution < -0.4 is 16.4 Å². The number of rotatable bonds is 0. The van der Waals surface area contributed by atoms with Crippen molar-refractivity contribution >= 4 is 132 Å². The number of furan rings is 4. The van der Waals surface area contributed by atoms with Gasteiger partial charge in [0, 0.05) is 65.0 Å². The number of para-hydroxylation sites is 4. The average molecular weight is 713 g/mol. The molecule has 0 atom stereocenters. The fraction of sp³-hybridized carbons (Fsp3) is 0.0196. The van der Waals surface area contributed by atoms with Crippen LogP contribution in [0.2, 0.25) is 0 Å². The van der Waals surface area contributed by atoms with Gasteiger partial charge in [-0.15, -0.1) is 0 Å². The molecule has 2 aliphatic heterocycles. The highest BCUT2D eigenvalue weighted by atomic mass is 16.3. The summed E-state index contributed by atoms with van der Waals surface area (Å²) < 4.78 is 27.1. The third-order valence-electron chi connectivity index (χ3n) is 13.0. The first-order valence-electron chi connectivity index (χ1n) is 19.3. The Hall–Kier alpha value is -7.24. The van der Waals surface area contributed by atoms with Crippen LogP contribution in [0.25, 0.3) is 132 Å². The SMILES string of the molecule is Cc1cc2c3c(c1)-c1c4c(cc5c6ccccc6oc5c4cc4oc5ccccc5c14)B3c1cc3c4ccccc4oc3c3cc4oc5ccccc5c4c-2c13. The van der Waals surface area contributed by atoms with Gasteiger partial charge in [-0.05, 0) is 70.8 Å². The Morgan fingerprint density at radius 3 is 1.23 bits per heavy atom. The molecule has 6 heterocycles. The summed E-state index contributed by atoms with van der Waals surface area (Å²) in [6.45, 7) is 2.17. The van der Waals surface area contributed by atoms with Crippen LogP contribution in [0.4, 0.5) is 0 Å². The highest BCUT2D eigenvalue weighted by Crippen LogP contribution is 2.51. The predicted molar refractivity (Wildman–Crippen MR) is 231 cm³/mol. The van der Waals surface area contributed by atoms with Gasteiger partial charge in [-0.3, -0.25) is 0 Å². The van der Waals surface area contributed by atoms with Gasteiger partial charge in [0.1, 0.15) is 44.7 Å². The smallest absolute Gasteiger partial charge is 0.244 e. The van der Waals surface area contributed by atoms with Crippen molar-refractivity contribution in [2.75, 3.05) is 0 Å². The van der Waals surface area contributed by atoms with Gasteiger partial charge in [-0.1, -0.05) is 113 Å². The van der Waals surface area contributed by atoms with E-state index in [0.29, 0.717) is 0 Å². The molecule has 0 bridgehead atoms. The summed E-state index contributed by atoms with van der Waals surface area (Å²) in [7, 11) is 0. The molecule has 0 N–H and O–H groups in total. The molecule has 4 nitrogen and oxygen atoms in total. The van der Waals surface area contributed by atoms with Gasteiger partial charge in [-0.2, -0.15) is 0 Å². The molecule has 13 aromatic rings. The molecule has 0 saturated heterocycles. The molecule has 0 amide bonds. The monoisotopic (exact) mass is 712 g/mol. The molecule has 0 aliphatic carbocycles. The predicted octanol–water partition coefficient (Wildman–Crippen LogP) is 12.4. The van der Waals surface area contributed by atoms with E-state index in [9.17, 15) is 0 Å². The quantitative estimate of drug-likeness (QED) is 0.147. The van der Waals surface area contributed by atoms with Gasteiger partial charge in [0.2, 0.25) is 6.71 Å². The largest absolute Gasteiger partial charge is 0.456 e. The van der Waals surface area contributed by atoms with E-state index in [4.69, 9.17) is 17.7 Å². The van der Waals surface area contributed by atoms with Crippen molar-refractivity contribution in [2.24, 2.45) is 0 Å². The Balaban J connectivity index is 1.25. The maximum absolute atomic E-state index is 6.81. The van der Waals surface area contributed by atoms with E-state index in [0.717, 1.165) is 98.5 Å². The molecule has 0 fully saturated rings. The minimum atomic E-state index is -0.0621. The zero-order chi connectivity index (χ0) is 36.1. The number of hydrogen-bond donors (Lipinski definition) is 0. The van der Waals surface area contributed by atoms with Crippen molar-refractivity contribution in [1.82, 2.24) is 0 Å². The molecule has 256 valence electrons. The number of aryl methyl sites for hydroxylation is 1. The standard InChI is InChI=1S/C51H25BO4/c1-24-18-31-47-43-33(22-41-45(47)27-12-4-8-16-39(27)53-41)50-29(25-10-2-6-14-37(25)55-50)20-35(43)52-36-21-30-26-11-3-7-15-38(26)56-51(30)34-23-42-46(28-13-5-9-17-40(28)54-42)48(44(34)36)32(19-24)49(31)52/h2-23H,1H3. The van der Waals surface area contributed by atoms with E-state index in [1.165, 1.54) is 55.0 Å². The number of hydrogen-bond acceptors (Lipinski definition) is 4. The molecular weight excluding hydrogens is 687 g/mol. The summed E-state index contributed by atoms with van der Waals surface area (Å²) in [6, 6.07) is 48.0. The Morgan fingerprint density at radius 2 is 0.768 bits per heavy atom. The molecule has 2 aliphatic rings. The lowest BCUT2D eigenvalue weighted by Gasteiger charge is -2.35. The van der Waals surface area contributed by atoms with Crippen molar-refractivity contribution in [3.8, 4) is 22.3 Å². The number of benzene rings is 9. The molecule has 9 aromatic carbocycles. The van der Waals surface area contributed by atoms with Crippen molar-refractivity contribution < 1.29 is 17.7 Å². The van der Waals surface area contributed by atoms with Crippen LogP contribution in [-0.2, 0) is 0 Å². The average Bonchev–Trinajstić information content (AvgIpc) is 3.99. The Labute approximate surface area is 317 Å². The second-order valence-corrected chi connectivity index (χ2v) is 15.9. The van der Waals surface area contributed by atoms with Gasteiger partial charge in [0.15, 0.2) is 0 Å². The molecule has 0 spiro atoms. The van der Waals surface area contributed by atoms with Crippen molar-refractivity contribution in [3.05, 3.63) is 139 Å². The first kappa shape index (κ1) is 28.2. The first-order valence-corrected chi connectivity index (χ1v) is 19.3. The fourth-order valence-corrected chi connectivity index (χ4v) is 11.0. The summed E-state index contributed by atoms with van der Waals surface area (Å²) >= 11 is 0. The van der Waals surface area contributed by atoms with Crippen LogP contribution in [0.3, 0.4) is 0 Å². The normalized spacial score (nSPS) is 13.4. The zero-order valence-corrected chi connectivity index (χ0v) is 29.9. The minimum absolute atomic E-state index is 0.0621. The van der Waals surface area contributed by atoms with Crippen molar-refractivity contribution in [3.63, 3.8) is 0 Å². The molecule has 4 aromatic heterocycles. The van der Waals surface area contributed by atoms with Gasteiger partial charge < -0.3 is 17.7 Å². The summed E-state index contributed by atoms with van der Waals surface area (Å²) in [6.07, 6.45) is 0. The minimum Gasteiger partial charge on any atom is -0.456 e. The summed E-state index contributed by atoms with van der Waals surface area (Å²) in [5.41, 5.74) is 17.1. The summed E-state index contributed by atoms with van der Waals surface area (Å²) in [4.78, 5) is 0. The zero-order valence-electron chi connectivity index (χ0n) is 29.9. The topological polar surface area (TPSA) is 52.6 Å². The lowest BCUT2D eigenvalue weighted by molar-refractivity contribution is 0.667. The first-order chi connectivity index (χ1) is 27.7. The lowest BCUT2D eigenvalue weighted by Crippen LogP contribution is -2.57. The molecule has 0 saturated carbocycles. The Bertz CT molecular complexity index is 3760.